The van der Waals surface area contributed by atoms with Crippen molar-refractivity contribution in [2.24, 2.45) is 5.73 Å². The van der Waals surface area contributed by atoms with Crippen LogP contribution in [0.25, 0.3) is 5.69 Å². The Morgan fingerprint density at radius 2 is 1.84 bits per heavy atom. The molecule has 0 spiro atoms. The molecule has 1 aliphatic carbocycles. The molecule has 3 rings (SSSR count). The summed E-state index contributed by atoms with van der Waals surface area (Å²) < 4.78 is 1.47. The summed E-state index contributed by atoms with van der Waals surface area (Å²) in [6.45, 7) is 3.82. The van der Waals surface area contributed by atoms with Crippen molar-refractivity contribution in [3.63, 3.8) is 0 Å². The Balaban J connectivity index is 0.000000269. The summed E-state index contributed by atoms with van der Waals surface area (Å²) in [5, 5.41) is 3.25. The summed E-state index contributed by atoms with van der Waals surface area (Å²) in [7, 11) is 0. The number of benzene rings is 1. The molecule has 1 aliphatic rings. The average molecular weight is 343 g/mol. The SMILES string of the molecule is CCNCc1ccc(-n2ccc(N)nc2=O)cc1.NC1CCCCC1. The molecular weight excluding hydrogens is 314 g/mol. The minimum atomic E-state index is -0.366. The lowest BCUT2D eigenvalue weighted by molar-refractivity contribution is 0.441. The minimum Gasteiger partial charge on any atom is -0.383 e. The van der Waals surface area contributed by atoms with E-state index in [1.54, 1.807) is 12.3 Å². The first-order valence-corrected chi connectivity index (χ1v) is 9.01. The predicted molar refractivity (Wildman–Crippen MR) is 103 cm³/mol. The van der Waals surface area contributed by atoms with Gasteiger partial charge in [0.05, 0.1) is 5.69 Å². The minimum absolute atomic E-state index is 0.236. The molecule has 1 aromatic heterocycles. The summed E-state index contributed by atoms with van der Waals surface area (Å²) in [6, 6.07) is 9.90. The zero-order valence-corrected chi connectivity index (χ0v) is 14.9. The van der Waals surface area contributed by atoms with E-state index in [1.807, 2.05) is 24.3 Å². The van der Waals surface area contributed by atoms with Crippen molar-refractivity contribution >= 4 is 5.82 Å². The van der Waals surface area contributed by atoms with Crippen molar-refractivity contribution in [3.8, 4) is 5.69 Å². The number of hydrogen-bond donors (Lipinski definition) is 3. The number of nitrogens with one attached hydrogen (secondary N) is 1. The number of rotatable bonds is 4. The third-order valence-electron chi connectivity index (χ3n) is 4.27. The highest BCUT2D eigenvalue weighted by Crippen LogP contribution is 2.14. The first kappa shape index (κ1) is 19.1. The summed E-state index contributed by atoms with van der Waals surface area (Å²) >= 11 is 0. The maximum Gasteiger partial charge on any atom is 0.354 e. The van der Waals surface area contributed by atoms with Gasteiger partial charge in [-0.05, 0) is 43.1 Å². The Labute approximate surface area is 149 Å². The predicted octanol–water partition coefficient (Wildman–Crippen LogP) is 2.20. The van der Waals surface area contributed by atoms with Crippen LogP contribution >= 0.6 is 0 Å². The van der Waals surface area contributed by atoms with Crippen LogP contribution in [0, 0.1) is 0 Å². The molecule has 0 atom stereocenters. The van der Waals surface area contributed by atoms with E-state index in [0.717, 1.165) is 18.8 Å². The molecule has 6 nitrogen and oxygen atoms in total. The number of hydrogen-bond acceptors (Lipinski definition) is 5. The lowest BCUT2D eigenvalue weighted by Crippen LogP contribution is -2.22. The maximum absolute atomic E-state index is 11.7. The molecule has 0 radical (unpaired) electrons. The van der Waals surface area contributed by atoms with Crippen LogP contribution in [-0.4, -0.2) is 22.1 Å². The van der Waals surface area contributed by atoms with E-state index >= 15 is 0 Å². The molecular formula is C19H29N5O. The van der Waals surface area contributed by atoms with E-state index in [2.05, 4.69) is 17.2 Å². The molecule has 2 aromatic rings. The number of nitrogen functional groups attached to an aromatic ring is 1. The van der Waals surface area contributed by atoms with Crippen LogP contribution in [0.4, 0.5) is 5.82 Å². The molecule has 0 aliphatic heterocycles. The lowest BCUT2D eigenvalue weighted by Gasteiger charge is -2.15. The Bertz CT molecular complexity index is 690. The molecule has 0 unspecified atom stereocenters. The van der Waals surface area contributed by atoms with E-state index in [1.165, 1.54) is 42.2 Å². The van der Waals surface area contributed by atoms with E-state index in [9.17, 15) is 4.79 Å². The van der Waals surface area contributed by atoms with Crippen molar-refractivity contribution in [1.29, 1.82) is 0 Å². The van der Waals surface area contributed by atoms with Gasteiger partial charge in [0.15, 0.2) is 0 Å². The van der Waals surface area contributed by atoms with Gasteiger partial charge in [-0.3, -0.25) is 4.57 Å². The second-order valence-electron chi connectivity index (χ2n) is 6.35. The summed E-state index contributed by atoms with van der Waals surface area (Å²) in [5.41, 5.74) is 12.7. The smallest absolute Gasteiger partial charge is 0.354 e. The summed E-state index contributed by atoms with van der Waals surface area (Å²) in [4.78, 5) is 15.4. The highest BCUT2D eigenvalue weighted by Gasteiger charge is 2.06. The monoisotopic (exact) mass is 343 g/mol. The Morgan fingerprint density at radius 3 is 2.36 bits per heavy atom. The highest BCUT2D eigenvalue weighted by atomic mass is 16.1. The molecule has 25 heavy (non-hydrogen) atoms. The Hall–Kier alpha value is -2.18. The van der Waals surface area contributed by atoms with Crippen molar-refractivity contribution in [1.82, 2.24) is 14.9 Å². The molecule has 1 fully saturated rings. The number of nitrogens with two attached hydrogens (primary N) is 2. The third kappa shape index (κ3) is 6.32. The topological polar surface area (TPSA) is 99.0 Å². The van der Waals surface area contributed by atoms with Gasteiger partial charge in [0.1, 0.15) is 5.82 Å². The zero-order chi connectivity index (χ0) is 18.1. The van der Waals surface area contributed by atoms with Crippen LogP contribution in [0.3, 0.4) is 0 Å². The highest BCUT2D eigenvalue weighted by molar-refractivity contribution is 5.36. The van der Waals surface area contributed by atoms with Gasteiger partial charge in [-0.1, -0.05) is 38.3 Å². The third-order valence-corrected chi connectivity index (χ3v) is 4.27. The largest absolute Gasteiger partial charge is 0.383 e. The zero-order valence-electron chi connectivity index (χ0n) is 14.9. The molecule has 1 aromatic carbocycles. The average Bonchev–Trinajstić information content (AvgIpc) is 2.62. The normalized spacial score (nSPS) is 14.6. The Morgan fingerprint density at radius 1 is 1.16 bits per heavy atom. The van der Waals surface area contributed by atoms with Gasteiger partial charge in [-0.2, -0.15) is 4.98 Å². The molecule has 1 heterocycles. The second-order valence-corrected chi connectivity index (χ2v) is 6.35. The molecule has 0 amide bonds. The quantitative estimate of drug-likeness (QED) is 0.790. The fourth-order valence-corrected chi connectivity index (χ4v) is 2.79. The van der Waals surface area contributed by atoms with Gasteiger partial charge in [0.25, 0.3) is 0 Å². The van der Waals surface area contributed by atoms with Crippen molar-refractivity contribution in [2.45, 2.75) is 51.6 Å². The van der Waals surface area contributed by atoms with Crippen molar-refractivity contribution in [2.75, 3.05) is 12.3 Å². The van der Waals surface area contributed by atoms with Crippen LogP contribution in [0.5, 0.6) is 0 Å². The molecule has 6 heteroatoms. The molecule has 0 saturated heterocycles. The Kier molecular flexibility index (Phi) is 7.63. The van der Waals surface area contributed by atoms with Crippen LogP contribution in [0.1, 0.15) is 44.6 Å². The van der Waals surface area contributed by atoms with Gasteiger partial charge < -0.3 is 16.8 Å². The fourth-order valence-electron chi connectivity index (χ4n) is 2.79. The summed E-state index contributed by atoms with van der Waals surface area (Å²) in [6.07, 6.45) is 8.29. The number of aromatic nitrogens is 2. The van der Waals surface area contributed by atoms with Gasteiger partial charge in [-0.25, -0.2) is 4.79 Å². The fraction of sp³-hybridized carbons (Fsp3) is 0.474. The van der Waals surface area contributed by atoms with Crippen LogP contribution in [0.2, 0.25) is 0 Å². The summed E-state index contributed by atoms with van der Waals surface area (Å²) in [5.74, 6) is 0.236. The van der Waals surface area contributed by atoms with E-state index in [4.69, 9.17) is 11.5 Å². The van der Waals surface area contributed by atoms with Crippen molar-refractivity contribution < 1.29 is 0 Å². The van der Waals surface area contributed by atoms with Gasteiger partial charge >= 0.3 is 5.69 Å². The molecule has 5 N–H and O–H groups in total. The second kappa shape index (κ2) is 9.96. The van der Waals surface area contributed by atoms with E-state index < -0.39 is 0 Å². The van der Waals surface area contributed by atoms with Gasteiger partial charge in [0.2, 0.25) is 0 Å². The molecule has 1 saturated carbocycles. The van der Waals surface area contributed by atoms with E-state index in [0.29, 0.717) is 6.04 Å². The maximum atomic E-state index is 11.7. The van der Waals surface area contributed by atoms with Crippen LogP contribution in [0.15, 0.2) is 41.3 Å². The van der Waals surface area contributed by atoms with E-state index in [-0.39, 0.29) is 11.5 Å². The first-order valence-electron chi connectivity index (χ1n) is 9.01. The number of nitrogens with zero attached hydrogens (tertiary/aromatic N) is 2. The van der Waals surface area contributed by atoms with Crippen LogP contribution in [-0.2, 0) is 6.54 Å². The first-order chi connectivity index (χ1) is 12.1. The molecule has 136 valence electrons. The number of anilines is 1. The standard InChI is InChI=1S/C13H16N4O.C6H13N/c1-2-15-9-10-3-5-11(6-4-10)17-8-7-12(14)16-13(17)18;7-6-4-2-1-3-5-6/h3-8,15H,2,9H2,1H3,(H2,14,16,18);6H,1-5,7H2. The van der Waals surface area contributed by atoms with Gasteiger partial charge in [-0.15, -0.1) is 0 Å². The van der Waals surface area contributed by atoms with Crippen LogP contribution < -0.4 is 22.5 Å². The van der Waals surface area contributed by atoms with Crippen molar-refractivity contribution in [3.05, 3.63) is 52.6 Å². The lowest BCUT2D eigenvalue weighted by atomic mass is 9.97. The van der Waals surface area contributed by atoms with Gasteiger partial charge in [0, 0.05) is 18.8 Å². The molecule has 0 bridgehead atoms.